The van der Waals surface area contributed by atoms with Crippen LogP contribution in [0, 0.1) is 0 Å². The molecule has 0 fully saturated rings. The molecular weight excluding hydrogens is 218 g/mol. The molecule has 1 heterocycles. The molecule has 0 amide bonds. The Hall–Kier alpha value is -2.10. The number of carbonyl (C=O) groups is 1. The van der Waals surface area contributed by atoms with Crippen LogP contribution in [0.1, 0.15) is 35.7 Å². The Morgan fingerprint density at radius 1 is 1.35 bits per heavy atom. The van der Waals surface area contributed by atoms with Crippen molar-refractivity contribution in [3.8, 4) is 0 Å². The zero-order valence-electron chi connectivity index (χ0n) is 9.61. The number of hydrogen-bond donors (Lipinski definition) is 1. The first kappa shape index (κ1) is 11.4. The lowest BCUT2D eigenvalue weighted by Crippen LogP contribution is -2.29. The van der Waals surface area contributed by atoms with Crippen LogP contribution in [-0.4, -0.2) is 11.0 Å². The maximum Gasteiger partial charge on any atom is 0.198 e. The van der Waals surface area contributed by atoms with E-state index >= 15 is 0 Å². The van der Waals surface area contributed by atoms with Gasteiger partial charge in [0.1, 0.15) is 0 Å². The van der Waals surface area contributed by atoms with Gasteiger partial charge in [0.25, 0.3) is 0 Å². The lowest BCUT2D eigenvalue weighted by atomic mass is 9.99. The Labute approximate surface area is 97.9 Å². The van der Waals surface area contributed by atoms with Crippen LogP contribution >= 0.6 is 0 Å². The molecule has 1 aromatic carbocycles. The number of aromatic nitrogens is 1. The van der Waals surface area contributed by atoms with Gasteiger partial charge in [-0.3, -0.25) is 4.79 Å². The molecule has 0 saturated carbocycles. The van der Waals surface area contributed by atoms with Crippen LogP contribution in [-0.2, 0) is 0 Å². The molecule has 1 aromatic heterocycles. The van der Waals surface area contributed by atoms with E-state index in [-0.39, 0.29) is 11.5 Å². The van der Waals surface area contributed by atoms with Gasteiger partial charge in [-0.1, -0.05) is 26.0 Å². The minimum absolute atomic E-state index is 0.253. The average molecular weight is 230 g/mol. The van der Waals surface area contributed by atoms with Crippen LogP contribution in [0.4, 0.5) is 0 Å². The second-order valence-corrected chi connectivity index (χ2v) is 4.24. The number of rotatable bonds is 2. The van der Waals surface area contributed by atoms with E-state index < -0.39 is 11.4 Å². The highest BCUT2D eigenvalue weighted by Crippen LogP contribution is 2.21. The summed E-state index contributed by atoms with van der Waals surface area (Å²) in [5.74, 6) is -1.20. The standard InChI is InChI=1S/C13H13NO3/c1-7(2)8-4-3-5-9-11(8)14-6-10(12(9)15)13(16)17/h3-7H,1-2H3,(H,14,15)(H,16,17)/p-1. The Balaban J connectivity index is 2.86. The van der Waals surface area contributed by atoms with Gasteiger partial charge in [0.05, 0.1) is 17.0 Å². The maximum atomic E-state index is 11.9. The fraction of sp³-hybridized carbons (Fsp3) is 0.231. The summed E-state index contributed by atoms with van der Waals surface area (Å²) in [6, 6.07) is 5.29. The van der Waals surface area contributed by atoms with E-state index in [1.165, 1.54) is 6.20 Å². The Bertz CT molecular complexity index is 641. The van der Waals surface area contributed by atoms with Crippen molar-refractivity contribution in [3.63, 3.8) is 0 Å². The average Bonchev–Trinajstić information content (AvgIpc) is 2.28. The van der Waals surface area contributed by atoms with Gasteiger partial charge in [0, 0.05) is 11.6 Å². The first-order valence-corrected chi connectivity index (χ1v) is 5.38. The SMILES string of the molecule is CC(C)c1cccc2c(=O)c(C(=O)[O-])c[nH]c12. The van der Waals surface area contributed by atoms with Gasteiger partial charge in [-0.25, -0.2) is 0 Å². The number of carboxylic acids is 1. The number of nitrogens with one attached hydrogen (secondary N) is 1. The first-order chi connectivity index (χ1) is 8.02. The predicted molar refractivity (Wildman–Crippen MR) is 63.0 cm³/mol. The van der Waals surface area contributed by atoms with Gasteiger partial charge in [-0.2, -0.15) is 0 Å². The number of pyridine rings is 1. The third-order valence-electron chi connectivity index (χ3n) is 2.79. The molecule has 0 saturated heterocycles. The van der Waals surface area contributed by atoms with Gasteiger partial charge >= 0.3 is 0 Å². The number of carbonyl (C=O) groups excluding carboxylic acids is 1. The summed E-state index contributed by atoms with van der Waals surface area (Å²) in [6.07, 6.45) is 1.20. The Kier molecular flexibility index (Phi) is 2.71. The molecule has 2 aromatic rings. The Morgan fingerprint density at radius 2 is 2.06 bits per heavy atom. The largest absolute Gasteiger partial charge is 0.545 e. The van der Waals surface area contributed by atoms with E-state index in [1.807, 2.05) is 19.9 Å². The number of fused-ring (bicyclic) bond motifs is 1. The minimum atomic E-state index is -1.46. The summed E-state index contributed by atoms with van der Waals surface area (Å²) in [6.45, 7) is 4.03. The van der Waals surface area contributed by atoms with E-state index in [2.05, 4.69) is 4.98 Å². The smallest absolute Gasteiger partial charge is 0.198 e. The molecule has 2 rings (SSSR count). The van der Waals surface area contributed by atoms with Crippen LogP contribution in [0.15, 0.2) is 29.2 Å². The van der Waals surface area contributed by atoms with E-state index in [0.29, 0.717) is 10.9 Å². The van der Waals surface area contributed by atoms with Crippen molar-refractivity contribution in [1.29, 1.82) is 0 Å². The summed E-state index contributed by atoms with van der Waals surface area (Å²) in [5.41, 5.74) is 0.849. The molecule has 0 unspecified atom stereocenters. The number of H-pyrrole nitrogens is 1. The Morgan fingerprint density at radius 3 is 2.65 bits per heavy atom. The zero-order valence-corrected chi connectivity index (χ0v) is 9.61. The van der Waals surface area contributed by atoms with Crippen molar-refractivity contribution in [2.45, 2.75) is 19.8 Å². The van der Waals surface area contributed by atoms with Crippen molar-refractivity contribution in [1.82, 2.24) is 4.98 Å². The highest BCUT2D eigenvalue weighted by Gasteiger charge is 2.10. The molecule has 4 nitrogen and oxygen atoms in total. The van der Waals surface area contributed by atoms with Crippen molar-refractivity contribution in [3.05, 3.63) is 45.7 Å². The van der Waals surface area contributed by atoms with Crippen LogP contribution in [0.2, 0.25) is 0 Å². The molecule has 0 radical (unpaired) electrons. The number of aromatic amines is 1. The molecule has 0 aliphatic carbocycles. The molecule has 0 aliphatic heterocycles. The third kappa shape index (κ3) is 1.82. The third-order valence-corrected chi connectivity index (χ3v) is 2.79. The summed E-state index contributed by atoms with van der Waals surface area (Å²) < 4.78 is 0. The van der Waals surface area contributed by atoms with Crippen LogP contribution in [0.3, 0.4) is 0 Å². The minimum Gasteiger partial charge on any atom is -0.545 e. The molecule has 4 heteroatoms. The molecule has 0 atom stereocenters. The van der Waals surface area contributed by atoms with Gasteiger partial charge < -0.3 is 14.9 Å². The highest BCUT2D eigenvalue weighted by atomic mass is 16.4. The molecule has 88 valence electrons. The van der Waals surface area contributed by atoms with Crippen LogP contribution < -0.4 is 10.5 Å². The number of para-hydroxylation sites is 1. The van der Waals surface area contributed by atoms with Gasteiger partial charge in [0.2, 0.25) is 0 Å². The molecule has 0 bridgehead atoms. The normalized spacial score (nSPS) is 11.0. The summed E-state index contributed by atoms with van der Waals surface area (Å²) in [4.78, 5) is 25.5. The first-order valence-electron chi connectivity index (χ1n) is 5.38. The summed E-state index contributed by atoms with van der Waals surface area (Å²) >= 11 is 0. The van der Waals surface area contributed by atoms with Gasteiger partial charge in [-0.05, 0) is 17.5 Å². The fourth-order valence-electron chi connectivity index (χ4n) is 1.91. The van der Waals surface area contributed by atoms with Crippen molar-refractivity contribution in [2.75, 3.05) is 0 Å². The topological polar surface area (TPSA) is 73.0 Å². The molecule has 0 aliphatic rings. The van der Waals surface area contributed by atoms with Crippen molar-refractivity contribution >= 4 is 16.9 Å². The summed E-state index contributed by atoms with van der Waals surface area (Å²) in [7, 11) is 0. The molecule has 1 N–H and O–H groups in total. The number of benzene rings is 1. The second kappa shape index (κ2) is 4.05. The summed E-state index contributed by atoms with van der Waals surface area (Å²) in [5, 5.41) is 11.1. The van der Waals surface area contributed by atoms with Crippen molar-refractivity contribution in [2.24, 2.45) is 0 Å². The lowest BCUT2D eigenvalue weighted by Gasteiger charge is -2.10. The van der Waals surface area contributed by atoms with Gasteiger partial charge in [0.15, 0.2) is 5.43 Å². The molecule has 17 heavy (non-hydrogen) atoms. The van der Waals surface area contributed by atoms with Gasteiger partial charge in [-0.15, -0.1) is 0 Å². The molecular formula is C13H12NO3-. The van der Waals surface area contributed by atoms with E-state index in [0.717, 1.165) is 5.56 Å². The predicted octanol–water partition coefficient (Wildman–Crippen LogP) is 1.01. The number of hydrogen-bond acceptors (Lipinski definition) is 3. The van der Waals surface area contributed by atoms with Crippen LogP contribution in [0.25, 0.3) is 10.9 Å². The van der Waals surface area contributed by atoms with E-state index in [9.17, 15) is 14.7 Å². The van der Waals surface area contributed by atoms with Crippen molar-refractivity contribution < 1.29 is 9.90 Å². The molecule has 0 spiro atoms. The monoisotopic (exact) mass is 230 g/mol. The maximum absolute atomic E-state index is 11.9. The van der Waals surface area contributed by atoms with Crippen LogP contribution in [0.5, 0.6) is 0 Å². The lowest BCUT2D eigenvalue weighted by molar-refractivity contribution is -0.255. The number of aromatic carboxylic acids is 1. The quantitative estimate of drug-likeness (QED) is 0.836. The zero-order chi connectivity index (χ0) is 12.6. The van der Waals surface area contributed by atoms with E-state index in [1.54, 1.807) is 12.1 Å². The highest BCUT2D eigenvalue weighted by molar-refractivity contribution is 5.92. The fourth-order valence-corrected chi connectivity index (χ4v) is 1.91. The van der Waals surface area contributed by atoms with E-state index in [4.69, 9.17) is 0 Å². The number of carboxylic acid groups (broad SMARTS) is 1. The second-order valence-electron chi connectivity index (χ2n) is 4.24.